The number of amides is 1. The average Bonchev–Trinajstić information content (AvgIpc) is 2.82. The number of hydrogen-bond acceptors (Lipinski definition) is 3. The van der Waals surface area contributed by atoms with E-state index in [1.54, 1.807) is 17.6 Å². The molecule has 1 aromatic heterocycles. The van der Waals surface area contributed by atoms with Crippen LogP contribution in [0.2, 0.25) is 0 Å². The number of hydrazone groups is 1. The van der Waals surface area contributed by atoms with Crippen molar-refractivity contribution in [2.75, 3.05) is 0 Å². The molecule has 1 amide bonds. The Morgan fingerprint density at radius 2 is 1.95 bits per heavy atom. The molecule has 3 nitrogen and oxygen atoms in total. The first-order chi connectivity index (χ1) is 10.6. The number of rotatable bonds is 4. The van der Waals surface area contributed by atoms with Gasteiger partial charge in [-0.25, -0.2) is 5.43 Å². The van der Waals surface area contributed by atoms with Gasteiger partial charge in [-0.15, -0.1) is 11.3 Å². The standard InChI is InChI=1S/C18H24N2OS/c1-12-2-3-22-16(12)11-19-20-17(21)10-18-7-13-4-14(8-18)6-15(5-13)9-18/h2-3,11,13-15H,4-10H2,1H3,(H,20,21)/b19-11+. The van der Waals surface area contributed by atoms with E-state index in [2.05, 4.69) is 23.5 Å². The maximum absolute atomic E-state index is 12.3. The van der Waals surface area contributed by atoms with Gasteiger partial charge in [-0.1, -0.05) is 0 Å². The van der Waals surface area contributed by atoms with Crippen LogP contribution in [0.1, 0.15) is 55.4 Å². The highest BCUT2D eigenvalue weighted by Gasteiger charge is 2.51. The summed E-state index contributed by atoms with van der Waals surface area (Å²) in [6.07, 6.45) is 10.6. The Balaban J connectivity index is 1.36. The minimum atomic E-state index is 0.104. The number of nitrogens with one attached hydrogen (secondary N) is 1. The molecule has 22 heavy (non-hydrogen) atoms. The molecule has 4 bridgehead atoms. The number of nitrogens with zero attached hydrogens (tertiary/aromatic N) is 1. The third kappa shape index (κ3) is 2.73. The summed E-state index contributed by atoms with van der Waals surface area (Å²) in [7, 11) is 0. The van der Waals surface area contributed by atoms with E-state index in [1.807, 2.05) is 5.38 Å². The Morgan fingerprint density at radius 1 is 1.32 bits per heavy atom. The van der Waals surface area contributed by atoms with Crippen LogP contribution >= 0.6 is 11.3 Å². The van der Waals surface area contributed by atoms with Crippen LogP contribution in [-0.4, -0.2) is 12.1 Å². The molecule has 4 fully saturated rings. The lowest BCUT2D eigenvalue weighted by Crippen LogP contribution is -2.47. The molecule has 118 valence electrons. The fourth-order valence-corrected chi connectivity index (χ4v) is 6.35. The molecule has 1 N–H and O–H groups in total. The molecular formula is C18H24N2OS. The van der Waals surface area contributed by atoms with Gasteiger partial charge < -0.3 is 0 Å². The summed E-state index contributed by atoms with van der Waals surface area (Å²) in [6, 6.07) is 2.07. The minimum Gasteiger partial charge on any atom is -0.273 e. The molecule has 4 aliphatic carbocycles. The van der Waals surface area contributed by atoms with Gasteiger partial charge in [0.1, 0.15) is 0 Å². The Kier molecular flexibility index (Phi) is 3.60. The Bertz CT molecular complexity index is 569. The molecule has 0 unspecified atom stereocenters. The first kappa shape index (κ1) is 14.4. The van der Waals surface area contributed by atoms with Gasteiger partial charge in [0.25, 0.3) is 0 Å². The minimum absolute atomic E-state index is 0.104. The van der Waals surface area contributed by atoms with Crippen molar-refractivity contribution in [3.63, 3.8) is 0 Å². The Labute approximate surface area is 136 Å². The summed E-state index contributed by atoms with van der Waals surface area (Å²) >= 11 is 1.66. The monoisotopic (exact) mass is 316 g/mol. The SMILES string of the molecule is Cc1ccsc1/C=N/NC(=O)CC12CC3CC(CC(C3)C1)C2. The summed E-state index contributed by atoms with van der Waals surface area (Å²) < 4.78 is 0. The first-order valence-electron chi connectivity index (χ1n) is 8.48. The molecule has 4 saturated carbocycles. The number of hydrogen-bond donors (Lipinski definition) is 1. The van der Waals surface area contributed by atoms with Crippen molar-refractivity contribution in [3.8, 4) is 0 Å². The summed E-state index contributed by atoms with van der Waals surface area (Å²) in [5.41, 5.74) is 4.27. The second-order valence-electron chi connectivity index (χ2n) is 7.86. The second-order valence-corrected chi connectivity index (χ2v) is 8.80. The van der Waals surface area contributed by atoms with Crippen LogP contribution in [0.5, 0.6) is 0 Å². The van der Waals surface area contributed by atoms with Crippen molar-refractivity contribution in [2.24, 2.45) is 28.3 Å². The van der Waals surface area contributed by atoms with Gasteiger partial charge in [0, 0.05) is 11.3 Å². The predicted octanol–water partition coefficient (Wildman–Crippen LogP) is 4.11. The third-order valence-electron chi connectivity index (χ3n) is 5.97. The summed E-state index contributed by atoms with van der Waals surface area (Å²) in [4.78, 5) is 13.4. The third-order valence-corrected chi connectivity index (χ3v) is 6.93. The van der Waals surface area contributed by atoms with E-state index < -0.39 is 0 Å². The van der Waals surface area contributed by atoms with Crippen LogP contribution in [0.25, 0.3) is 0 Å². The Morgan fingerprint density at radius 3 is 2.50 bits per heavy atom. The molecule has 0 aromatic carbocycles. The van der Waals surface area contributed by atoms with E-state index in [-0.39, 0.29) is 5.91 Å². The highest BCUT2D eigenvalue weighted by molar-refractivity contribution is 7.11. The van der Waals surface area contributed by atoms with Crippen LogP contribution < -0.4 is 5.43 Å². The molecule has 4 heteroatoms. The fraction of sp³-hybridized carbons (Fsp3) is 0.667. The topological polar surface area (TPSA) is 41.5 Å². The van der Waals surface area contributed by atoms with E-state index >= 15 is 0 Å². The molecule has 0 atom stereocenters. The largest absolute Gasteiger partial charge is 0.273 e. The molecule has 1 aromatic rings. The zero-order chi connectivity index (χ0) is 15.2. The highest BCUT2D eigenvalue weighted by atomic mass is 32.1. The summed E-state index contributed by atoms with van der Waals surface area (Å²) in [6.45, 7) is 2.06. The van der Waals surface area contributed by atoms with Gasteiger partial charge in [0.15, 0.2) is 0 Å². The maximum Gasteiger partial charge on any atom is 0.240 e. The molecular weight excluding hydrogens is 292 g/mol. The number of carbonyl (C=O) groups excluding carboxylic acids is 1. The highest BCUT2D eigenvalue weighted by Crippen LogP contribution is 2.61. The van der Waals surface area contributed by atoms with Crippen LogP contribution in [0.3, 0.4) is 0 Å². The van der Waals surface area contributed by atoms with E-state index in [9.17, 15) is 4.79 Å². The number of aryl methyl sites for hydroxylation is 1. The molecule has 0 aliphatic heterocycles. The van der Waals surface area contributed by atoms with Crippen LogP contribution in [0.4, 0.5) is 0 Å². The zero-order valence-electron chi connectivity index (χ0n) is 13.2. The van der Waals surface area contributed by atoms with Crippen LogP contribution in [0, 0.1) is 30.1 Å². The van der Waals surface area contributed by atoms with E-state index in [0.29, 0.717) is 11.8 Å². The molecule has 4 aliphatic rings. The lowest BCUT2D eigenvalue weighted by Gasteiger charge is -2.56. The predicted molar refractivity (Wildman–Crippen MR) is 90.0 cm³/mol. The zero-order valence-corrected chi connectivity index (χ0v) is 14.0. The number of thiophene rings is 1. The van der Waals surface area contributed by atoms with Crippen LogP contribution in [0.15, 0.2) is 16.5 Å². The quantitative estimate of drug-likeness (QED) is 0.659. The molecule has 0 spiro atoms. The molecule has 0 radical (unpaired) electrons. The lowest BCUT2D eigenvalue weighted by atomic mass is 9.49. The molecule has 1 heterocycles. The molecule has 0 saturated heterocycles. The number of carbonyl (C=O) groups is 1. The van der Waals surface area contributed by atoms with Crippen LogP contribution in [-0.2, 0) is 4.79 Å². The van der Waals surface area contributed by atoms with Crippen molar-refractivity contribution in [1.29, 1.82) is 0 Å². The van der Waals surface area contributed by atoms with E-state index in [4.69, 9.17) is 0 Å². The first-order valence-corrected chi connectivity index (χ1v) is 9.36. The second kappa shape index (κ2) is 5.48. The summed E-state index contributed by atoms with van der Waals surface area (Å²) in [5.74, 6) is 2.80. The van der Waals surface area contributed by atoms with Crippen molar-refractivity contribution < 1.29 is 4.79 Å². The van der Waals surface area contributed by atoms with Crippen molar-refractivity contribution >= 4 is 23.5 Å². The van der Waals surface area contributed by atoms with Crippen molar-refractivity contribution in [3.05, 3.63) is 21.9 Å². The normalized spacial score (nSPS) is 36.1. The maximum atomic E-state index is 12.3. The van der Waals surface area contributed by atoms with E-state index in [1.165, 1.54) is 44.1 Å². The van der Waals surface area contributed by atoms with Gasteiger partial charge >= 0.3 is 0 Å². The van der Waals surface area contributed by atoms with Gasteiger partial charge in [-0.3, -0.25) is 4.79 Å². The van der Waals surface area contributed by atoms with Gasteiger partial charge in [0.2, 0.25) is 5.91 Å². The van der Waals surface area contributed by atoms with Crippen molar-refractivity contribution in [2.45, 2.75) is 51.9 Å². The smallest absolute Gasteiger partial charge is 0.240 e. The fourth-order valence-electron chi connectivity index (χ4n) is 5.57. The lowest BCUT2D eigenvalue weighted by molar-refractivity contribution is -0.129. The average molecular weight is 316 g/mol. The van der Waals surface area contributed by atoms with Gasteiger partial charge in [0.05, 0.1) is 6.21 Å². The molecule has 5 rings (SSSR count). The summed E-state index contributed by atoms with van der Waals surface area (Å²) in [5, 5.41) is 6.21. The van der Waals surface area contributed by atoms with Gasteiger partial charge in [-0.2, -0.15) is 5.10 Å². The van der Waals surface area contributed by atoms with Gasteiger partial charge in [-0.05, 0) is 85.6 Å². The Hall–Kier alpha value is -1.16. The van der Waals surface area contributed by atoms with Crippen molar-refractivity contribution in [1.82, 2.24) is 5.43 Å². The van der Waals surface area contributed by atoms with E-state index in [0.717, 1.165) is 22.6 Å².